The molecule has 3 unspecified atom stereocenters. The van der Waals surface area contributed by atoms with E-state index in [-0.39, 0.29) is 26.1 Å². The summed E-state index contributed by atoms with van der Waals surface area (Å²) in [6.45, 7) is 3.04. The number of unbranched alkanes of at least 4 members (excludes halogenated alkanes) is 7. The Morgan fingerprint density at radius 2 is 1.09 bits per heavy atom. The Balaban J connectivity index is 2.41. The highest BCUT2D eigenvalue weighted by atomic mass is 16.7. The van der Waals surface area contributed by atoms with Crippen LogP contribution < -0.4 is 0 Å². The van der Waals surface area contributed by atoms with Crippen LogP contribution in [0.4, 0.5) is 0 Å². The molecule has 0 aromatic heterocycles. The molecule has 1 heterocycles. The molecule has 1 saturated heterocycles. The van der Waals surface area contributed by atoms with Crippen molar-refractivity contribution in [2.45, 2.75) is 153 Å². The van der Waals surface area contributed by atoms with Crippen LogP contribution in [-0.4, -0.2) is 89.0 Å². The molecule has 320 valence electrons. The molecule has 1 fully saturated rings. The van der Waals surface area contributed by atoms with E-state index in [1.165, 1.54) is 0 Å². The van der Waals surface area contributed by atoms with Gasteiger partial charge in [-0.25, -0.2) is 0 Å². The first-order valence-electron chi connectivity index (χ1n) is 21.0. The lowest BCUT2D eigenvalue weighted by Crippen LogP contribution is -2.59. The highest BCUT2D eigenvalue weighted by Gasteiger charge is 2.44. The normalized spacial score (nSPS) is 21.4. The third kappa shape index (κ3) is 28.4. The topological polar surface area (TPSA) is 152 Å². The monoisotopic (exact) mass is 797 g/mol. The van der Waals surface area contributed by atoms with Crippen LogP contribution in [0.15, 0.2) is 109 Å². The zero-order valence-electron chi connectivity index (χ0n) is 34.5. The van der Waals surface area contributed by atoms with E-state index in [4.69, 9.17) is 18.9 Å². The molecule has 0 aromatic carbocycles. The Labute approximate surface area is 342 Å². The molecule has 57 heavy (non-hydrogen) atoms. The summed E-state index contributed by atoms with van der Waals surface area (Å²) in [5.74, 6) is -0.924. The van der Waals surface area contributed by atoms with Crippen molar-refractivity contribution < 1.29 is 49.0 Å². The van der Waals surface area contributed by atoms with Gasteiger partial charge in [-0.1, -0.05) is 149 Å². The number of hydrogen-bond acceptors (Lipinski definition) is 10. The quantitative estimate of drug-likeness (QED) is 0.0226. The summed E-state index contributed by atoms with van der Waals surface area (Å²) in [6.07, 6.45) is 42.5. The van der Waals surface area contributed by atoms with Crippen molar-refractivity contribution in [1.82, 2.24) is 0 Å². The molecule has 4 N–H and O–H groups in total. The Morgan fingerprint density at radius 1 is 0.561 bits per heavy atom. The molecule has 10 nitrogen and oxygen atoms in total. The van der Waals surface area contributed by atoms with Gasteiger partial charge in [0.05, 0.1) is 13.2 Å². The number of aliphatic hydroxyl groups is 4. The van der Waals surface area contributed by atoms with Gasteiger partial charge in [0.25, 0.3) is 0 Å². The minimum Gasteiger partial charge on any atom is -0.462 e. The molecule has 6 atom stereocenters. The van der Waals surface area contributed by atoms with Gasteiger partial charge in [0.15, 0.2) is 12.4 Å². The van der Waals surface area contributed by atoms with Gasteiger partial charge in [0.2, 0.25) is 0 Å². The molecule has 0 amide bonds. The van der Waals surface area contributed by atoms with E-state index in [1.807, 2.05) is 54.7 Å². The summed E-state index contributed by atoms with van der Waals surface area (Å²) in [5, 5.41) is 40.0. The highest BCUT2D eigenvalue weighted by Crippen LogP contribution is 2.22. The van der Waals surface area contributed by atoms with E-state index in [2.05, 4.69) is 68.5 Å². The van der Waals surface area contributed by atoms with E-state index in [0.29, 0.717) is 19.3 Å². The first-order valence-corrected chi connectivity index (χ1v) is 21.0. The van der Waals surface area contributed by atoms with Crippen molar-refractivity contribution in [2.75, 3.05) is 19.8 Å². The molecule has 1 aliphatic rings. The van der Waals surface area contributed by atoms with E-state index < -0.39 is 55.4 Å². The highest BCUT2D eigenvalue weighted by molar-refractivity contribution is 5.70. The van der Waals surface area contributed by atoms with Crippen LogP contribution in [0.5, 0.6) is 0 Å². The van der Waals surface area contributed by atoms with E-state index >= 15 is 0 Å². The van der Waals surface area contributed by atoms with Crippen LogP contribution in [-0.2, 0) is 28.5 Å². The fourth-order valence-corrected chi connectivity index (χ4v) is 5.50. The summed E-state index contributed by atoms with van der Waals surface area (Å²) in [4.78, 5) is 25.2. The van der Waals surface area contributed by atoms with Gasteiger partial charge < -0.3 is 39.4 Å². The second-order valence-electron chi connectivity index (χ2n) is 13.8. The number of hydrogen-bond donors (Lipinski definition) is 4. The maximum Gasteiger partial charge on any atom is 0.306 e. The average Bonchev–Trinajstić information content (AvgIpc) is 3.21. The van der Waals surface area contributed by atoms with E-state index in [1.54, 1.807) is 0 Å². The summed E-state index contributed by atoms with van der Waals surface area (Å²) in [6, 6.07) is 0. The minimum absolute atomic E-state index is 0.123. The molecular weight excluding hydrogens is 725 g/mol. The van der Waals surface area contributed by atoms with Crippen molar-refractivity contribution in [3.05, 3.63) is 109 Å². The van der Waals surface area contributed by atoms with Gasteiger partial charge in [-0.05, 0) is 64.2 Å². The van der Waals surface area contributed by atoms with Crippen LogP contribution in [0.1, 0.15) is 117 Å². The molecule has 1 aliphatic heterocycles. The van der Waals surface area contributed by atoms with Gasteiger partial charge in [-0.3, -0.25) is 9.59 Å². The molecule has 0 bridgehead atoms. The van der Waals surface area contributed by atoms with Crippen LogP contribution in [0.25, 0.3) is 0 Å². The summed E-state index contributed by atoms with van der Waals surface area (Å²) in [7, 11) is 0. The number of carbonyl (C=O) groups excluding carboxylic acids is 2. The van der Waals surface area contributed by atoms with Crippen LogP contribution >= 0.6 is 0 Å². The maximum absolute atomic E-state index is 12.7. The van der Waals surface area contributed by atoms with E-state index in [9.17, 15) is 30.0 Å². The second-order valence-corrected chi connectivity index (χ2v) is 13.8. The van der Waals surface area contributed by atoms with Crippen LogP contribution in [0.2, 0.25) is 0 Å². The van der Waals surface area contributed by atoms with Crippen LogP contribution in [0.3, 0.4) is 0 Å². The Hall–Kier alpha value is -3.64. The summed E-state index contributed by atoms with van der Waals surface area (Å²) < 4.78 is 22.0. The number of esters is 2. The summed E-state index contributed by atoms with van der Waals surface area (Å²) in [5.41, 5.74) is 0. The van der Waals surface area contributed by atoms with Crippen molar-refractivity contribution in [3.8, 4) is 0 Å². The van der Waals surface area contributed by atoms with Gasteiger partial charge in [0, 0.05) is 12.8 Å². The largest absolute Gasteiger partial charge is 0.462 e. The summed E-state index contributed by atoms with van der Waals surface area (Å²) >= 11 is 0. The standard InChI is InChI=1S/C47H72O10/c1-3-5-7-9-11-13-15-17-18-19-20-21-22-24-25-27-29-31-33-35-42(49)54-38-40(39-55-47-46(53)45(52)44(51)41(37-48)57-47)56-43(50)36-34-32-30-28-26-23-16-14-12-10-8-6-4-2/h5-8,10-14,16-18,20-21,23,26,28,30,40-41,44-48,51-53H,3-4,9,15,19,22,24-25,27,29,31-39H2,1-2H3/b7-5+,8-6+,12-10+,13-11+,16-14+,18-17+,21-20+,26-23+,30-28+/t40?,41-,44+,45?,46?,47-/m0/s1. The Kier molecular flexibility index (Phi) is 33.1. The smallest absolute Gasteiger partial charge is 0.306 e. The third-order valence-corrected chi connectivity index (χ3v) is 8.78. The lowest BCUT2D eigenvalue weighted by molar-refractivity contribution is -0.305. The zero-order valence-corrected chi connectivity index (χ0v) is 34.5. The first-order chi connectivity index (χ1) is 27.8. The van der Waals surface area contributed by atoms with E-state index in [0.717, 1.165) is 70.6 Å². The molecular formula is C47H72O10. The lowest BCUT2D eigenvalue weighted by Gasteiger charge is -2.39. The van der Waals surface area contributed by atoms with Gasteiger partial charge >= 0.3 is 11.9 Å². The Bertz CT molecular complexity index is 1290. The number of rotatable bonds is 32. The molecule has 0 saturated carbocycles. The fourth-order valence-electron chi connectivity index (χ4n) is 5.50. The molecule has 0 spiro atoms. The maximum atomic E-state index is 12.7. The van der Waals surface area contributed by atoms with Gasteiger partial charge in [-0.15, -0.1) is 0 Å². The predicted molar refractivity (Wildman–Crippen MR) is 228 cm³/mol. The SMILES string of the molecule is CC/C=C/C=C/C=C/C=C/C=C/CCCC(=O)OC(COC(=O)CCCCCCCC/C=C/C/C=C/C/C=C/C/C=C/CC)CO[C@H]1O[C@@H](CO)[C@@H](O)C(O)C1O. The number of carbonyl (C=O) groups is 2. The first kappa shape index (κ1) is 51.4. The number of ether oxygens (including phenoxy) is 4. The third-order valence-electron chi connectivity index (χ3n) is 8.78. The van der Waals surface area contributed by atoms with Crippen LogP contribution in [0, 0.1) is 0 Å². The molecule has 1 rings (SSSR count). The minimum atomic E-state index is -1.62. The Morgan fingerprint density at radius 3 is 1.72 bits per heavy atom. The van der Waals surface area contributed by atoms with Gasteiger partial charge in [-0.2, -0.15) is 0 Å². The van der Waals surface area contributed by atoms with Crippen molar-refractivity contribution in [2.24, 2.45) is 0 Å². The molecule has 10 heteroatoms. The average molecular weight is 797 g/mol. The zero-order chi connectivity index (χ0) is 41.6. The molecule has 0 aliphatic carbocycles. The van der Waals surface area contributed by atoms with Crippen molar-refractivity contribution >= 4 is 11.9 Å². The molecule has 0 radical (unpaired) electrons. The molecule has 0 aromatic rings. The lowest BCUT2D eigenvalue weighted by atomic mass is 9.99. The second kappa shape index (κ2) is 36.7. The van der Waals surface area contributed by atoms with Crippen molar-refractivity contribution in [3.63, 3.8) is 0 Å². The van der Waals surface area contributed by atoms with Crippen molar-refractivity contribution in [1.29, 1.82) is 0 Å². The number of aliphatic hydroxyl groups excluding tert-OH is 4. The predicted octanol–water partition coefficient (Wildman–Crippen LogP) is 8.55. The number of allylic oxidation sites excluding steroid dienone is 18. The fraction of sp³-hybridized carbons (Fsp3) is 0.574. The van der Waals surface area contributed by atoms with Gasteiger partial charge in [0.1, 0.15) is 31.0 Å².